The van der Waals surface area contributed by atoms with E-state index < -0.39 is 18.6 Å². The number of nitrogens with zero attached hydrogens (tertiary/aromatic N) is 5. The molecule has 126 valence electrons. The van der Waals surface area contributed by atoms with E-state index in [-0.39, 0.29) is 18.3 Å². The van der Waals surface area contributed by atoms with E-state index >= 15 is 0 Å². The summed E-state index contributed by atoms with van der Waals surface area (Å²) in [5.74, 6) is -0.468. The van der Waals surface area contributed by atoms with Crippen LogP contribution in [0.1, 0.15) is 24.4 Å². The lowest BCUT2D eigenvalue weighted by atomic mass is 10.1. The first-order valence-corrected chi connectivity index (χ1v) is 6.98. The molecule has 0 aliphatic heterocycles. The molecule has 23 heavy (non-hydrogen) atoms. The molecule has 0 saturated heterocycles. The quantitative estimate of drug-likeness (QED) is 0.842. The van der Waals surface area contributed by atoms with Crippen molar-refractivity contribution in [2.24, 2.45) is 7.05 Å². The van der Waals surface area contributed by atoms with E-state index in [2.05, 4.69) is 10.1 Å². The van der Waals surface area contributed by atoms with Crippen LogP contribution < -0.4 is 0 Å². The molecule has 2 aromatic heterocycles. The highest BCUT2D eigenvalue weighted by atomic mass is 19.4. The fraction of sp³-hybridized carbons (Fsp3) is 0.500. The minimum atomic E-state index is -4.33. The Morgan fingerprint density at radius 1 is 1.39 bits per heavy atom. The number of imidazole rings is 1. The van der Waals surface area contributed by atoms with E-state index in [1.165, 1.54) is 17.3 Å². The first-order valence-electron chi connectivity index (χ1n) is 6.98. The lowest BCUT2D eigenvalue weighted by Gasteiger charge is -2.22. The molecule has 9 heteroatoms. The highest BCUT2D eigenvalue weighted by Gasteiger charge is 2.29. The number of carbonyl (C=O) groups is 1. The Balaban J connectivity index is 2.07. The summed E-state index contributed by atoms with van der Waals surface area (Å²) in [6, 6.07) is 1.74. The zero-order valence-electron chi connectivity index (χ0n) is 13.1. The summed E-state index contributed by atoms with van der Waals surface area (Å²) in [5.41, 5.74) is 0.737. The maximum absolute atomic E-state index is 12.5. The van der Waals surface area contributed by atoms with Crippen molar-refractivity contribution in [2.45, 2.75) is 32.1 Å². The largest absolute Gasteiger partial charge is 0.406 e. The molecule has 0 spiro atoms. The minimum Gasteiger partial charge on any atom is -0.338 e. The summed E-state index contributed by atoms with van der Waals surface area (Å²) in [6.45, 7) is 0.615. The smallest absolute Gasteiger partial charge is 0.338 e. The van der Waals surface area contributed by atoms with Crippen LogP contribution in [-0.2, 0) is 24.9 Å². The van der Waals surface area contributed by atoms with Crippen molar-refractivity contribution in [3.63, 3.8) is 0 Å². The van der Waals surface area contributed by atoms with Crippen molar-refractivity contribution in [3.05, 3.63) is 36.2 Å². The third kappa shape index (κ3) is 4.11. The molecule has 0 aliphatic rings. The van der Waals surface area contributed by atoms with E-state index in [9.17, 15) is 18.0 Å². The Bertz CT molecular complexity index is 676. The molecular formula is C14H18F3N5O. The van der Waals surface area contributed by atoms with Gasteiger partial charge >= 0.3 is 6.18 Å². The van der Waals surface area contributed by atoms with Crippen LogP contribution in [0.2, 0.25) is 0 Å². The lowest BCUT2D eigenvalue weighted by Crippen LogP contribution is -2.32. The van der Waals surface area contributed by atoms with Crippen molar-refractivity contribution in [1.29, 1.82) is 0 Å². The summed E-state index contributed by atoms with van der Waals surface area (Å²) in [5, 5.41) is 4.01. The molecule has 0 fully saturated rings. The van der Waals surface area contributed by atoms with Gasteiger partial charge in [0.1, 0.15) is 12.4 Å². The standard InChI is InChI=1S/C14H18F3N5O/c1-10(11-4-5-19-21(11)3)13(23)20(2)8-12-18-6-7-22(12)9-14(15,16)17/h4-7,10H,8-9H2,1-3H3. The highest BCUT2D eigenvalue weighted by Crippen LogP contribution is 2.20. The summed E-state index contributed by atoms with van der Waals surface area (Å²) in [4.78, 5) is 17.7. The molecule has 2 aromatic rings. The molecule has 0 saturated carbocycles. The molecule has 1 atom stereocenters. The number of amides is 1. The van der Waals surface area contributed by atoms with Crippen LogP contribution in [-0.4, -0.2) is 43.4 Å². The summed E-state index contributed by atoms with van der Waals surface area (Å²) in [6.07, 6.45) is -0.190. The van der Waals surface area contributed by atoms with E-state index in [1.54, 1.807) is 38.0 Å². The molecule has 1 unspecified atom stereocenters. The van der Waals surface area contributed by atoms with Gasteiger partial charge in [-0.15, -0.1) is 0 Å². The fourth-order valence-electron chi connectivity index (χ4n) is 2.38. The van der Waals surface area contributed by atoms with Gasteiger partial charge in [-0.3, -0.25) is 9.48 Å². The third-order valence-corrected chi connectivity index (χ3v) is 3.58. The van der Waals surface area contributed by atoms with E-state index in [0.29, 0.717) is 0 Å². The van der Waals surface area contributed by atoms with Gasteiger partial charge in [0.25, 0.3) is 0 Å². The van der Waals surface area contributed by atoms with Crippen molar-refractivity contribution in [3.8, 4) is 0 Å². The van der Waals surface area contributed by atoms with Crippen molar-refractivity contribution in [1.82, 2.24) is 24.2 Å². The number of likely N-dealkylation sites (N-methyl/N-ethyl adjacent to an activating group) is 1. The number of hydrogen-bond donors (Lipinski definition) is 0. The molecule has 2 heterocycles. The second kappa shape index (κ2) is 6.43. The van der Waals surface area contributed by atoms with Gasteiger partial charge in [0.05, 0.1) is 18.2 Å². The van der Waals surface area contributed by atoms with Crippen LogP contribution in [0.25, 0.3) is 0 Å². The Kier molecular flexibility index (Phi) is 4.76. The van der Waals surface area contributed by atoms with Crippen LogP contribution in [0.3, 0.4) is 0 Å². The Morgan fingerprint density at radius 3 is 2.65 bits per heavy atom. The molecule has 6 nitrogen and oxygen atoms in total. The number of carbonyl (C=O) groups excluding carboxylic acids is 1. The van der Waals surface area contributed by atoms with Crippen molar-refractivity contribution in [2.75, 3.05) is 7.05 Å². The van der Waals surface area contributed by atoms with E-state index in [1.807, 2.05) is 0 Å². The molecule has 1 amide bonds. The number of hydrogen-bond acceptors (Lipinski definition) is 3. The van der Waals surface area contributed by atoms with Gasteiger partial charge in [-0.05, 0) is 13.0 Å². The van der Waals surface area contributed by atoms with Crippen molar-refractivity contribution >= 4 is 5.91 Å². The molecule has 0 bridgehead atoms. The van der Waals surface area contributed by atoms with Crippen LogP contribution in [0.5, 0.6) is 0 Å². The molecular weight excluding hydrogens is 311 g/mol. The predicted octanol–water partition coefficient (Wildman–Crippen LogP) is 1.94. The second-order valence-electron chi connectivity index (χ2n) is 5.38. The topological polar surface area (TPSA) is 56.0 Å². The zero-order chi connectivity index (χ0) is 17.2. The zero-order valence-corrected chi connectivity index (χ0v) is 13.1. The fourth-order valence-corrected chi connectivity index (χ4v) is 2.38. The normalized spacial score (nSPS) is 13.1. The lowest BCUT2D eigenvalue weighted by molar-refractivity contribution is -0.141. The van der Waals surface area contributed by atoms with Gasteiger partial charge in [-0.25, -0.2) is 4.98 Å². The highest BCUT2D eigenvalue weighted by molar-refractivity contribution is 5.82. The van der Waals surface area contributed by atoms with Crippen LogP contribution in [0, 0.1) is 0 Å². The molecule has 0 aliphatic carbocycles. The Labute approximate surface area is 131 Å². The number of halogens is 3. The average molecular weight is 329 g/mol. The molecule has 0 radical (unpaired) electrons. The minimum absolute atomic E-state index is 0.00407. The Hall–Kier alpha value is -2.32. The number of alkyl halides is 3. The average Bonchev–Trinajstić information content (AvgIpc) is 3.05. The second-order valence-corrected chi connectivity index (χ2v) is 5.38. The molecule has 0 aromatic carbocycles. The summed E-state index contributed by atoms with van der Waals surface area (Å²) < 4.78 is 40.1. The van der Waals surface area contributed by atoms with Gasteiger partial charge in [0.2, 0.25) is 5.91 Å². The number of rotatable bonds is 5. The maximum atomic E-state index is 12.5. The van der Waals surface area contributed by atoms with Gasteiger partial charge in [0, 0.05) is 32.7 Å². The summed E-state index contributed by atoms with van der Waals surface area (Å²) >= 11 is 0. The van der Waals surface area contributed by atoms with Gasteiger partial charge in [-0.1, -0.05) is 0 Å². The molecule has 2 rings (SSSR count). The summed E-state index contributed by atoms with van der Waals surface area (Å²) in [7, 11) is 3.27. The SMILES string of the molecule is CC(C(=O)N(C)Cc1nccn1CC(F)(F)F)c1ccnn1C. The maximum Gasteiger partial charge on any atom is 0.406 e. The van der Waals surface area contributed by atoms with Crippen LogP contribution in [0.15, 0.2) is 24.7 Å². The first kappa shape index (κ1) is 17.0. The van der Waals surface area contributed by atoms with Gasteiger partial charge in [0.15, 0.2) is 0 Å². The van der Waals surface area contributed by atoms with E-state index in [4.69, 9.17) is 0 Å². The Morgan fingerprint density at radius 2 is 2.09 bits per heavy atom. The van der Waals surface area contributed by atoms with Crippen molar-refractivity contribution < 1.29 is 18.0 Å². The van der Waals surface area contributed by atoms with E-state index in [0.717, 1.165) is 10.3 Å². The van der Waals surface area contributed by atoms with Gasteiger partial charge in [-0.2, -0.15) is 18.3 Å². The molecule has 0 N–H and O–H groups in total. The number of aryl methyl sites for hydroxylation is 1. The number of aromatic nitrogens is 4. The first-order chi connectivity index (χ1) is 10.7. The van der Waals surface area contributed by atoms with Gasteiger partial charge < -0.3 is 9.47 Å². The van der Waals surface area contributed by atoms with Crippen LogP contribution >= 0.6 is 0 Å². The van der Waals surface area contributed by atoms with Crippen LogP contribution in [0.4, 0.5) is 13.2 Å². The monoisotopic (exact) mass is 329 g/mol. The predicted molar refractivity (Wildman–Crippen MR) is 76.4 cm³/mol. The third-order valence-electron chi connectivity index (χ3n) is 3.58.